The Morgan fingerprint density at radius 1 is 1.33 bits per heavy atom. The molecule has 0 bridgehead atoms. The SMILES string of the molecule is CCc1cccc2c1nc(C1CCNCC1)n2C. The molecule has 18 heavy (non-hydrogen) atoms. The Kier molecular flexibility index (Phi) is 3.08. The van der Waals surface area contributed by atoms with Crippen molar-refractivity contribution in [1.29, 1.82) is 0 Å². The number of piperidine rings is 1. The summed E-state index contributed by atoms with van der Waals surface area (Å²) in [6, 6.07) is 6.53. The summed E-state index contributed by atoms with van der Waals surface area (Å²) in [6.07, 6.45) is 3.47. The van der Waals surface area contributed by atoms with Crippen LogP contribution in [0, 0.1) is 0 Å². The predicted molar refractivity (Wildman–Crippen MR) is 74.9 cm³/mol. The molecule has 0 amide bonds. The molecule has 2 heterocycles. The van der Waals surface area contributed by atoms with Crippen LogP contribution in [0.1, 0.15) is 37.1 Å². The number of aryl methyl sites for hydroxylation is 2. The molecule has 1 aromatic carbocycles. The molecule has 1 fully saturated rings. The van der Waals surface area contributed by atoms with E-state index >= 15 is 0 Å². The molecule has 3 nitrogen and oxygen atoms in total. The van der Waals surface area contributed by atoms with Crippen molar-refractivity contribution in [2.24, 2.45) is 7.05 Å². The number of nitrogens with zero attached hydrogens (tertiary/aromatic N) is 2. The van der Waals surface area contributed by atoms with Crippen LogP contribution in [0.5, 0.6) is 0 Å². The second-order valence-electron chi connectivity index (χ2n) is 5.19. The number of nitrogens with one attached hydrogen (secondary N) is 1. The fourth-order valence-corrected chi connectivity index (χ4v) is 3.02. The molecule has 2 aromatic rings. The molecule has 0 unspecified atom stereocenters. The minimum atomic E-state index is 0.619. The quantitative estimate of drug-likeness (QED) is 0.878. The van der Waals surface area contributed by atoms with E-state index in [-0.39, 0.29) is 0 Å². The van der Waals surface area contributed by atoms with Crippen LogP contribution in [-0.4, -0.2) is 22.6 Å². The maximum absolute atomic E-state index is 4.94. The molecule has 1 aromatic heterocycles. The Bertz CT molecular complexity index is 550. The summed E-state index contributed by atoms with van der Waals surface area (Å²) < 4.78 is 2.30. The van der Waals surface area contributed by atoms with E-state index in [4.69, 9.17) is 4.98 Å². The van der Waals surface area contributed by atoms with Crippen LogP contribution >= 0.6 is 0 Å². The maximum Gasteiger partial charge on any atom is 0.112 e. The summed E-state index contributed by atoms with van der Waals surface area (Å²) in [5.41, 5.74) is 3.85. The first kappa shape index (κ1) is 11.7. The molecule has 96 valence electrons. The standard InChI is InChI=1S/C15H21N3/c1-3-11-5-4-6-13-14(11)17-15(18(13)2)12-7-9-16-10-8-12/h4-6,12,16H,3,7-10H2,1-2H3. The number of imidazole rings is 1. The third-order valence-corrected chi connectivity index (χ3v) is 4.11. The lowest BCUT2D eigenvalue weighted by Crippen LogP contribution is -2.27. The van der Waals surface area contributed by atoms with Gasteiger partial charge in [0.25, 0.3) is 0 Å². The zero-order chi connectivity index (χ0) is 12.5. The third kappa shape index (κ3) is 1.83. The summed E-state index contributed by atoms with van der Waals surface area (Å²) in [4.78, 5) is 4.94. The van der Waals surface area contributed by atoms with Crippen molar-refractivity contribution < 1.29 is 0 Å². The second-order valence-corrected chi connectivity index (χ2v) is 5.19. The molecule has 1 saturated heterocycles. The highest BCUT2D eigenvalue weighted by Gasteiger charge is 2.21. The predicted octanol–water partition coefficient (Wildman–Crippen LogP) is 2.60. The fourth-order valence-electron chi connectivity index (χ4n) is 3.02. The van der Waals surface area contributed by atoms with E-state index < -0.39 is 0 Å². The molecular formula is C15H21N3. The number of hydrogen-bond acceptors (Lipinski definition) is 2. The van der Waals surface area contributed by atoms with Crippen LogP contribution < -0.4 is 5.32 Å². The lowest BCUT2D eigenvalue weighted by Gasteiger charge is -2.22. The average molecular weight is 243 g/mol. The van der Waals surface area contributed by atoms with Gasteiger partial charge in [-0.25, -0.2) is 4.98 Å². The lowest BCUT2D eigenvalue weighted by atomic mass is 9.97. The molecule has 3 rings (SSSR count). The lowest BCUT2D eigenvalue weighted by molar-refractivity contribution is 0.438. The molecule has 0 spiro atoms. The van der Waals surface area contributed by atoms with E-state index in [1.165, 1.54) is 35.3 Å². The van der Waals surface area contributed by atoms with Crippen molar-refractivity contribution >= 4 is 11.0 Å². The van der Waals surface area contributed by atoms with Gasteiger partial charge in [-0.2, -0.15) is 0 Å². The van der Waals surface area contributed by atoms with Crippen molar-refractivity contribution in [3.63, 3.8) is 0 Å². The van der Waals surface area contributed by atoms with Gasteiger partial charge in [0, 0.05) is 13.0 Å². The van der Waals surface area contributed by atoms with Gasteiger partial charge in [-0.1, -0.05) is 19.1 Å². The normalized spacial score (nSPS) is 17.4. The Morgan fingerprint density at radius 2 is 2.11 bits per heavy atom. The van der Waals surface area contributed by atoms with Crippen molar-refractivity contribution in [3.05, 3.63) is 29.6 Å². The number of benzene rings is 1. The smallest absolute Gasteiger partial charge is 0.112 e. The van der Waals surface area contributed by atoms with Crippen LogP contribution in [0.15, 0.2) is 18.2 Å². The summed E-state index contributed by atoms with van der Waals surface area (Å²) in [5, 5.41) is 3.42. The first-order chi connectivity index (χ1) is 8.81. The summed E-state index contributed by atoms with van der Waals surface area (Å²) in [7, 11) is 2.16. The van der Waals surface area contributed by atoms with E-state index in [2.05, 4.69) is 42.1 Å². The number of rotatable bonds is 2. The Balaban J connectivity index is 2.09. The van der Waals surface area contributed by atoms with Gasteiger partial charge in [0.2, 0.25) is 0 Å². The zero-order valence-corrected chi connectivity index (χ0v) is 11.2. The minimum Gasteiger partial charge on any atom is -0.331 e. The van der Waals surface area contributed by atoms with Crippen molar-refractivity contribution in [3.8, 4) is 0 Å². The van der Waals surface area contributed by atoms with Crippen molar-refractivity contribution in [1.82, 2.24) is 14.9 Å². The van der Waals surface area contributed by atoms with E-state index in [0.29, 0.717) is 5.92 Å². The second kappa shape index (κ2) is 4.73. The summed E-state index contributed by atoms with van der Waals surface area (Å²) >= 11 is 0. The molecular weight excluding hydrogens is 222 g/mol. The van der Waals surface area contributed by atoms with Gasteiger partial charge in [-0.3, -0.25) is 0 Å². The topological polar surface area (TPSA) is 29.9 Å². The fraction of sp³-hybridized carbons (Fsp3) is 0.533. The highest BCUT2D eigenvalue weighted by molar-refractivity contribution is 5.79. The van der Waals surface area contributed by atoms with Crippen molar-refractivity contribution in [2.75, 3.05) is 13.1 Å². The van der Waals surface area contributed by atoms with Crippen LogP contribution in [0.25, 0.3) is 11.0 Å². The van der Waals surface area contributed by atoms with E-state index in [1.807, 2.05) is 0 Å². The van der Waals surface area contributed by atoms with E-state index in [9.17, 15) is 0 Å². The van der Waals surface area contributed by atoms with Crippen molar-refractivity contribution in [2.45, 2.75) is 32.1 Å². The average Bonchev–Trinajstić information content (AvgIpc) is 2.77. The molecule has 1 N–H and O–H groups in total. The van der Waals surface area contributed by atoms with Gasteiger partial charge >= 0.3 is 0 Å². The summed E-state index contributed by atoms with van der Waals surface area (Å²) in [6.45, 7) is 4.44. The molecule has 1 aliphatic heterocycles. The first-order valence-electron chi connectivity index (χ1n) is 6.96. The first-order valence-corrected chi connectivity index (χ1v) is 6.96. The minimum absolute atomic E-state index is 0.619. The Hall–Kier alpha value is -1.35. The number of hydrogen-bond donors (Lipinski definition) is 1. The highest BCUT2D eigenvalue weighted by atomic mass is 15.1. The summed E-state index contributed by atoms with van der Waals surface area (Å²) in [5.74, 6) is 1.89. The Labute approximate surface area is 108 Å². The van der Waals surface area contributed by atoms with Gasteiger partial charge in [0.05, 0.1) is 11.0 Å². The molecule has 3 heteroatoms. The largest absolute Gasteiger partial charge is 0.331 e. The zero-order valence-electron chi connectivity index (χ0n) is 11.2. The van der Waals surface area contributed by atoms with E-state index in [1.54, 1.807) is 0 Å². The molecule has 1 aliphatic rings. The molecule has 0 saturated carbocycles. The van der Waals surface area contributed by atoms with Gasteiger partial charge in [-0.05, 0) is 44.0 Å². The van der Waals surface area contributed by atoms with Crippen LogP contribution in [0.4, 0.5) is 0 Å². The number of aromatic nitrogens is 2. The van der Waals surface area contributed by atoms with Gasteiger partial charge in [0.1, 0.15) is 5.82 Å². The molecule has 0 aliphatic carbocycles. The maximum atomic E-state index is 4.94. The molecule has 0 radical (unpaired) electrons. The van der Waals surface area contributed by atoms with Gasteiger partial charge in [0.15, 0.2) is 0 Å². The van der Waals surface area contributed by atoms with Crippen LogP contribution in [0.2, 0.25) is 0 Å². The van der Waals surface area contributed by atoms with E-state index in [0.717, 1.165) is 19.5 Å². The molecule has 0 atom stereocenters. The van der Waals surface area contributed by atoms with Gasteiger partial charge < -0.3 is 9.88 Å². The third-order valence-electron chi connectivity index (χ3n) is 4.11. The van der Waals surface area contributed by atoms with Crippen LogP contribution in [-0.2, 0) is 13.5 Å². The number of fused-ring (bicyclic) bond motifs is 1. The van der Waals surface area contributed by atoms with Gasteiger partial charge in [-0.15, -0.1) is 0 Å². The monoisotopic (exact) mass is 243 g/mol. The highest BCUT2D eigenvalue weighted by Crippen LogP contribution is 2.28. The number of para-hydroxylation sites is 1. The Morgan fingerprint density at radius 3 is 2.83 bits per heavy atom. The van der Waals surface area contributed by atoms with Crippen LogP contribution in [0.3, 0.4) is 0 Å².